The number of hydrogen-bond acceptors (Lipinski definition) is 3. The minimum absolute atomic E-state index is 0.0103. The molecule has 1 N–H and O–H groups in total. The first-order valence-electron chi connectivity index (χ1n) is 6.12. The third-order valence-electron chi connectivity index (χ3n) is 4.74. The molecule has 1 saturated heterocycles. The molecule has 1 aliphatic heterocycles. The molecular weight excluding hydrogens is 206 g/mol. The predicted octanol–water partition coefficient (Wildman–Crippen LogP) is 0.708. The van der Waals surface area contributed by atoms with Gasteiger partial charge in [0.1, 0.15) is 6.61 Å². The lowest BCUT2D eigenvalue weighted by molar-refractivity contribution is -0.128. The summed E-state index contributed by atoms with van der Waals surface area (Å²) in [6.07, 6.45) is 4.88. The standard InChI is InChI=1S/C12H19NO3/c1-15-7-10(14)13-8-11-5-9(11)6-16-12(11)3-2-4-12/h9H,2-8H2,1H3,(H,13,14). The molecule has 4 heteroatoms. The van der Waals surface area contributed by atoms with Gasteiger partial charge in [0.2, 0.25) is 5.91 Å². The third-order valence-corrected chi connectivity index (χ3v) is 4.74. The monoisotopic (exact) mass is 225 g/mol. The van der Waals surface area contributed by atoms with Crippen LogP contribution in [0.25, 0.3) is 0 Å². The molecule has 0 bridgehead atoms. The second-order valence-corrected chi connectivity index (χ2v) is 5.43. The SMILES string of the molecule is COCC(=O)NCC12CC1COC21CCC1. The van der Waals surface area contributed by atoms with Crippen LogP contribution in [0.15, 0.2) is 0 Å². The van der Waals surface area contributed by atoms with Crippen molar-refractivity contribution in [1.29, 1.82) is 0 Å². The van der Waals surface area contributed by atoms with Crippen LogP contribution in [0.2, 0.25) is 0 Å². The summed E-state index contributed by atoms with van der Waals surface area (Å²) in [6, 6.07) is 0. The van der Waals surface area contributed by atoms with Gasteiger partial charge in [0.05, 0.1) is 12.2 Å². The topological polar surface area (TPSA) is 47.6 Å². The molecule has 3 rings (SSSR count). The molecule has 1 spiro atoms. The number of rotatable bonds is 4. The Hall–Kier alpha value is -0.610. The lowest BCUT2D eigenvalue weighted by atomic mass is 9.68. The van der Waals surface area contributed by atoms with Gasteiger partial charge in [-0.1, -0.05) is 0 Å². The zero-order valence-electron chi connectivity index (χ0n) is 9.75. The molecule has 0 aromatic rings. The molecule has 3 aliphatic rings. The highest BCUT2D eigenvalue weighted by molar-refractivity contribution is 5.77. The van der Waals surface area contributed by atoms with Gasteiger partial charge in [-0.3, -0.25) is 4.79 Å². The smallest absolute Gasteiger partial charge is 0.246 e. The zero-order chi connectivity index (χ0) is 11.2. The van der Waals surface area contributed by atoms with Crippen molar-refractivity contribution in [3.63, 3.8) is 0 Å². The number of hydrogen-bond donors (Lipinski definition) is 1. The van der Waals surface area contributed by atoms with Crippen molar-refractivity contribution in [3.8, 4) is 0 Å². The Morgan fingerprint density at radius 2 is 2.38 bits per heavy atom. The van der Waals surface area contributed by atoms with Crippen molar-refractivity contribution in [2.24, 2.45) is 11.3 Å². The number of fused-ring (bicyclic) bond motifs is 2. The van der Waals surface area contributed by atoms with E-state index >= 15 is 0 Å². The van der Waals surface area contributed by atoms with Crippen molar-refractivity contribution in [3.05, 3.63) is 0 Å². The highest BCUT2D eigenvalue weighted by atomic mass is 16.5. The van der Waals surface area contributed by atoms with Gasteiger partial charge in [0.15, 0.2) is 0 Å². The molecule has 1 heterocycles. The molecule has 0 aromatic carbocycles. The number of methoxy groups -OCH3 is 1. The molecule has 1 amide bonds. The average Bonchev–Trinajstić information content (AvgIpc) is 2.82. The van der Waals surface area contributed by atoms with E-state index in [1.54, 1.807) is 7.11 Å². The lowest BCUT2D eigenvalue weighted by Crippen LogP contribution is -2.50. The van der Waals surface area contributed by atoms with Crippen LogP contribution in [0.3, 0.4) is 0 Å². The predicted molar refractivity (Wildman–Crippen MR) is 58.0 cm³/mol. The van der Waals surface area contributed by atoms with Gasteiger partial charge in [-0.15, -0.1) is 0 Å². The molecule has 0 aromatic heterocycles. The first kappa shape index (κ1) is 10.5. The summed E-state index contributed by atoms with van der Waals surface area (Å²) in [5.74, 6) is 0.680. The fraction of sp³-hybridized carbons (Fsp3) is 0.917. The van der Waals surface area contributed by atoms with Crippen LogP contribution in [0, 0.1) is 11.3 Å². The van der Waals surface area contributed by atoms with E-state index in [0.29, 0.717) is 5.92 Å². The Balaban J connectivity index is 1.60. The first-order valence-corrected chi connectivity index (χ1v) is 6.12. The van der Waals surface area contributed by atoms with E-state index in [9.17, 15) is 4.79 Å². The minimum atomic E-state index is -0.0103. The summed E-state index contributed by atoms with van der Waals surface area (Å²) in [6.45, 7) is 1.84. The highest BCUT2D eigenvalue weighted by Crippen LogP contribution is 2.70. The lowest BCUT2D eigenvalue weighted by Gasteiger charge is -2.45. The number of carbonyl (C=O) groups excluding carboxylic acids is 1. The van der Waals surface area contributed by atoms with E-state index in [1.807, 2.05) is 0 Å². The van der Waals surface area contributed by atoms with Crippen molar-refractivity contribution < 1.29 is 14.3 Å². The summed E-state index contributed by atoms with van der Waals surface area (Å²) < 4.78 is 10.8. The van der Waals surface area contributed by atoms with Crippen LogP contribution in [0.1, 0.15) is 25.7 Å². The summed E-state index contributed by atoms with van der Waals surface area (Å²) in [4.78, 5) is 11.4. The Labute approximate surface area is 95.7 Å². The van der Waals surface area contributed by atoms with Crippen LogP contribution in [-0.2, 0) is 14.3 Å². The van der Waals surface area contributed by atoms with Gasteiger partial charge in [-0.2, -0.15) is 0 Å². The molecule has 4 nitrogen and oxygen atoms in total. The molecule has 2 unspecified atom stereocenters. The molecule has 16 heavy (non-hydrogen) atoms. The second kappa shape index (κ2) is 3.44. The van der Waals surface area contributed by atoms with Gasteiger partial charge in [0, 0.05) is 19.1 Å². The van der Waals surface area contributed by atoms with Gasteiger partial charge in [0.25, 0.3) is 0 Å². The number of nitrogens with one attached hydrogen (secondary N) is 1. The fourth-order valence-corrected chi connectivity index (χ4v) is 3.52. The quantitative estimate of drug-likeness (QED) is 0.766. The van der Waals surface area contributed by atoms with Crippen molar-refractivity contribution in [2.75, 3.05) is 26.9 Å². The largest absolute Gasteiger partial charge is 0.375 e. The molecular formula is C12H19NO3. The van der Waals surface area contributed by atoms with E-state index < -0.39 is 0 Å². The Bertz CT molecular complexity index is 313. The molecule has 3 fully saturated rings. The molecule has 90 valence electrons. The van der Waals surface area contributed by atoms with Crippen molar-refractivity contribution in [2.45, 2.75) is 31.3 Å². The minimum Gasteiger partial charge on any atom is -0.375 e. The van der Waals surface area contributed by atoms with Gasteiger partial charge >= 0.3 is 0 Å². The van der Waals surface area contributed by atoms with Crippen LogP contribution in [0.4, 0.5) is 0 Å². The van der Waals surface area contributed by atoms with Gasteiger partial charge < -0.3 is 14.8 Å². The maximum absolute atomic E-state index is 11.4. The van der Waals surface area contributed by atoms with Crippen LogP contribution in [-0.4, -0.2) is 38.4 Å². The second-order valence-electron chi connectivity index (χ2n) is 5.43. The molecule has 2 aliphatic carbocycles. The molecule has 2 saturated carbocycles. The van der Waals surface area contributed by atoms with Gasteiger partial charge in [-0.05, 0) is 31.6 Å². The fourth-order valence-electron chi connectivity index (χ4n) is 3.52. The van der Waals surface area contributed by atoms with E-state index in [-0.39, 0.29) is 23.5 Å². The third kappa shape index (κ3) is 1.26. The molecule has 0 radical (unpaired) electrons. The van der Waals surface area contributed by atoms with Crippen molar-refractivity contribution in [1.82, 2.24) is 5.32 Å². The summed E-state index contributed by atoms with van der Waals surface area (Å²) in [7, 11) is 1.55. The number of carbonyl (C=O) groups is 1. The molecule has 2 atom stereocenters. The van der Waals surface area contributed by atoms with E-state index in [1.165, 1.54) is 25.7 Å². The zero-order valence-corrected chi connectivity index (χ0v) is 9.75. The van der Waals surface area contributed by atoms with Crippen LogP contribution >= 0.6 is 0 Å². The Morgan fingerprint density at radius 1 is 1.56 bits per heavy atom. The Kier molecular flexibility index (Phi) is 2.27. The van der Waals surface area contributed by atoms with E-state index in [0.717, 1.165) is 13.2 Å². The normalized spacial score (nSPS) is 37.9. The number of amides is 1. The van der Waals surface area contributed by atoms with Crippen LogP contribution < -0.4 is 5.32 Å². The maximum atomic E-state index is 11.4. The van der Waals surface area contributed by atoms with Crippen molar-refractivity contribution >= 4 is 5.91 Å². The average molecular weight is 225 g/mol. The summed E-state index contributed by atoms with van der Waals surface area (Å²) >= 11 is 0. The van der Waals surface area contributed by atoms with Crippen LogP contribution in [0.5, 0.6) is 0 Å². The maximum Gasteiger partial charge on any atom is 0.246 e. The van der Waals surface area contributed by atoms with Gasteiger partial charge in [-0.25, -0.2) is 0 Å². The Morgan fingerprint density at radius 3 is 2.94 bits per heavy atom. The summed E-state index contributed by atoms with van der Waals surface area (Å²) in [5.41, 5.74) is 0.396. The highest BCUT2D eigenvalue weighted by Gasteiger charge is 2.73. The number of ether oxygens (including phenoxy) is 2. The van der Waals surface area contributed by atoms with E-state index in [4.69, 9.17) is 9.47 Å². The first-order chi connectivity index (χ1) is 7.72. The summed E-state index contributed by atoms with van der Waals surface area (Å²) in [5, 5.41) is 2.99. The van der Waals surface area contributed by atoms with E-state index in [2.05, 4.69) is 5.32 Å².